The number of aromatic nitrogens is 1. The summed E-state index contributed by atoms with van der Waals surface area (Å²) in [7, 11) is 0. The number of hydrogen-bond acceptors (Lipinski definition) is 2. The predicted molar refractivity (Wildman–Crippen MR) is 71.8 cm³/mol. The monoisotopic (exact) mass is 320 g/mol. The van der Waals surface area contributed by atoms with Gasteiger partial charge < -0.3 is 15.0 Å². The molecule has 0 fully saturated rings. The van der Waals surface area contributed by atoms with E-state index >= 15 is 0 Å². The SMILES string of the molecule is O=C(Nc1cccc(OC(F)F)c1)c1cc(Cl)c(Cl)[nH]1. The Balaban J connectivity index is 2.11. The molecule has 0 bridgehead atoms. The number of rotatable bonds is 4. The van der Waals surface area contributed by atoms with Crippen molar-refractivity contribution in [3.8, 4) is 5.75 Å². The molecule has 106 valence electrons. The summed E-state index contributed by atoms with van der Waals surface area (Å²) in [5.74, 6) is -0.562. The lowest BCUT2D eigenvalue weighted by Gasteiger charge is -2.07. The van der Waals surface area contributed by atoms with Crippen LogP contribution in [0.1, 0.15) is 10.5 Å². The number of nitrogens with one attached hydrogen (secondary N) is 2. The van der Waals surface area contributed by atoms with Gasteiger partial charge in [0, 0.05) is 11.8 Å². The topological polar surface area (TPSA) is 54.1 Å². The Morgan fingerprint density at radius 3 is 2.65 bits per heavy atom. The summed E-state index contributed by atoms with van der Waals surface area (Å²) >= 11 is 11.4. The molecule has 0 aliphatic heterocycles. The smallest absolute Gasteiger partial charge is 0.387 e. The van der Waals surface area contributed by atoms with Crippen molar-refractivity contribution in [3.05, 3.63) is 46.2 Å². The molecule has 1 aromatic heterocycles. The second-order valence-electron chi connectivity index (χ2n) is 3.71. The summed E-state index contributed by atoms with van der Waals surface area (Å²) < 4.78 is 28.4. The van der Waals surface area contributed by atoms with E-state index < -0.39 is 12.5 Å². The molecule has 2 N–H and O–H groups in total. The lowest BCUT2D eigenvalue weighted by molar-refractivity contribution is -0.0497. The van der Waals surface area contributed by atoms with Gasteiger partial charge in [-0.3, -0.25) is 4.79 Å². The van der Waals surface area contributed by atoms with E-state index in [2.05, 4.69) is 15.0 Å². The number of halogens is 4. The van der Waals surface area contributed by atoms with Gasteiger partial charge in [-0.1, -0.05) is 29.3 Å². The molecule has 0 aliphatic carbocycles. The van der Waals surface area contributed by atoms with Gasteiger partial charge in [0.1, 0.15) is 16.6 Å². The number of alkyl halides is 2. The van der Waals surface area contributed by atoms with Crippen molar-refractivity contribution in [1.29, 1.82) is 0 Å². The maximum absolute atomic E-state index is 12.1. The zero-order valence-corrected chi connectivity index (χ0v) is 11.3. The van der Waals surface area contributed by atoms with Gasteiger partial charge in [0.2, 0.25) is 0 Å². The summed E-state index contributed by atoms with van der Waals surface area (Å²) in [4.78, 5) is 14.4. The highest BCUT2D eigenvalue weighted by molar-refractivity contribution is 6.41. The molecule has 1 heterocycles. The number of hydrogen-bond donors (Lipinski definition) is 2. The number of carbonyl (C=O) groups excluding carboxylic acids is 1. The molecule has 0 unspecified atom stereocenters. The molecule has 0 aliphatic rings. The number of H-pyrrole nitrogens is 1. The minimum absolute atomic E-state index is 0.0552. The van der Waals surface area contributed by atoms with Crippen LogP contribution in [0.4, 0.5) is 14.5 Å². The average molecular weight is 321 g/mol. The second-order valence-corrected chi connectivity index (χ2v) is 4.49. The van der Waals surface area contributed by atoms with Crippen LogP contribution in [0.15, 0.2) is 30.3 Å². The van der Waals surface area contributed by atoms with Crippen LogP contribution >= 0.6 is 23.2 Å². The highest BCUT2D eigenvalue weighted by Gasteiger charge is 2.12. The van der Waals surface area contributed by atoms with Crippen LogP contribution in [-0.4, -0.2) is 17.5 Å². The first-order valence-electron chi connectivity index (χ1n) is 5.36. The number of benzene rings is 1. The first kappa shape index (κ1) is 14.6. The minimum atomic E-state index is -2.93. The summed E-state index contributed by atoms with van der Waals surface area (Å²) in [6.07, 6.45) is 0. The predicted octanol–water partition coefficient (Wildman–Crippen LogP) is 4.18. The minimum Gasteiger partial charge on any atom is -0.435 e. The van der Waals surface area contributed by atoms with Crippen molar-refractivity contribution in [2.24, 2.45) is 0 Å². The molecule has 0 saturated carbocycles. The highest BCUT2D eigenvalue weighted by atomic mass is 35.5. The summed E-state index contributed by atoms with van der Waals surface area (Å²) in [5, 5.41) is 2.86. The molecule has 1 aromatic carbocycles. The van der Waals surface area contributed by atoms with Crippen LogP contribution in [0, 0.1) is 0 Å². The van der Waals surface area contributed by atoms with Crippen LogP contribution in [0.5, 0.6) is 5.75 Å². The standard InChI is InChI=1S/C12H8Cl2F2N2O2/c13-8-5-9(18-10(8)14)11(19)17-6-2-1-3-7(4-6)20-12(15)16/h1-5,12,18H,(H,17,19). The Morgan fingerprint density at radius 2 is 2.05 bits per heavy atom. The average Bonchev–Trinajstić information content (AvgIpc) is 2.69. The van der Waals surface area contributed by atoms with Crippen molar-refractivity contribution in [2.75, 3.05) is 5.32 Å². The van der Waals surface area contributed by atoms with Crippen LogP contribution in [0.2, 0.25) is 10.2 Å². The molecule has 4 nitrogen and oxygen atoms in total. The third kappa shape index (κ3) is 3.61. The number of anilines is 1. The van der Waals surface area contributed by atoms with Gasteiger partial charge in [-0.05, 0) is 18.2 Å². The van der Waals surface area contributed by atoms with Crippen molar-refractivity contribution in [2.45, 2.75) is 6.61 Å². The fourth-order valence-electron chi connectivity index (χ4n) is 1.47. The molecule has 0 atom stereocenters. The number of aromatic amines is 1. The molecule has 20 heavy (non-hydrogen) atoms. The van der Waals surface area contributed by atoms with Crippen LogP contribution < -0.4 is 10.1 Å². The zero-order valence-electron chi connectivity index (χ0n) is 9.79. The van der Waals surface area contributed by atoms with Gasteiger partial charge in [-0.15, -0.1) is 0 Å². The van der Waals surface area contributed by atoms with E-state index in [4.69, 9.17) is 23.2 Å². The highest BCUT2D eigenvalue weighted by Crippen LogP contribution is 2.23. The van der Waals surface area contributed by atoms with Crippen LogP contribution in [-0.2, 0) is 0 Å². The molecule has 8 heteroatoms. The van der Waals surface area contributed by atoms with Crippen molar-refractivity contribution in [3.63, 3.8) is 0 Å². The summed E-state index contributed by atoms with van der Waals surface area (Å²) in [5.41, 5.74) is 0.454. The Morgan fingerprint density at radius 1 is 1.30 bits per heavy atom. The Bertz CT molecular complexity index is 612. The van der Waals surface area contributed by atoms with E-state index in [0.717, 1.165) is 0 Å². The number of carbonyl (C=O) groups is 1. The lowest BCUT2D eigenvalue weighted by atomic mass is 10.3. The third-order valence-electron chi connectivity index (χ3n) is 2.29. The summed E-state index contributed by atoms with van der Waals surface area (Å²) in [6, 6.07) is 6.99. The second kappa shape index (κ2) is 6.11. The van der Waals surface area contributed by atoms with E-state index in [1.54, 1.807) is 0 Å². The van der Waals surface area contributed by atoms with Gasteiger partial charge in [-0.2, -0.15) is 8.78 Å². The van der Waals surface area contributed by atoms with Gasteiger partial charge >= 0.3 is 6.61 Å². The Hall–Kier alpha value is -1.79. The Kier molecular flexibility index (Phi) is 4.46. The first-order valence-corrected chi connectivity index (χ1v) is 6.11. The van der Waals surface area contributed by atoms with Gasteiger partial charge in [0.25, 0.3) is 5.91 Å². The fourth-order valence-corrected chi connectivity index (χ4v) is 1.79. The molecule has 2 rings (SSSR count). The quantitative estimate of drug-likeness (QED) is 0.888. The van der Waals surface area contributed by atoms with E-state index in [-0.39, 0.29) is 21.6 Å². The molecule has 0 spiro atoms. The van der Waals surface area contributed by atoms with Crippen molar-refractivity contribution >= 4 is 34.8 Å². The third-order valence-corrected chi connectivity index (χ3v) is 2.98. The summed E-state index contributed by atoms with van der Waals surface area (Å²) in [6.45, 7) is -2.93. The zero-order chi connectivity index (χ0) is 14.7. The van der Waals surface area contributed by atoms with Crippen LogP contribution in [0.25, 0.3) is 0 Å². The molecule has 1 amide bonds. The van der Waals surface area contributed by atoms with E-state index in [0.29, 0.717) is 5.69 Å². The molecular formula is C12H8Cl2F2N2O2. The lowest BCUT2D eigenvalue weighted by Crippen LogP contribution is -2.12. The number of ether oxygens (including phenoxy) is 1. The van der Waals surface area contributed by atoms with E-state index in [9.17, 15) is 13.6 Å². The Labute approximate surface area is 122 Å². The van der Waals surface area contributed by atoms with Crippen molar-refractivity contribution < 1.29 is 18.3 Å². The maximum Gasteiger partial charge on any atom is 0.387 e. The van der Waals surface area contributed by atoms with Crippen LogP contribution in [0.3, 0.4) is 0 Å². The molecule has 2 aromatic rings. The fraction of sp³-hybridized carbons (Fsp3) is 0.0833. The van der Waals surface area contributed by atoms with E-state index in [1.165, 1.54) is 30.3 Å². The molecular weight excluding hydrogens is 313 g/mol. The first-order chi connectivity index (χ1) is 9.45. The van der Waals surface area contributed by atoms with Crippen molar-refractivity contribution in [1.82, 2.24) is 4.98 Å². The molecule has 0 saturated heterocycles. The van der Waals surface area contributed by atoms with Gasteiger partial charge in [0.05, 0.1) is 5.02 Å². The molecule has 0 radical (unpaired) electrons. The normalized spacial score (nSPS) is 10.7. The van der Waals surface area contributed by atoms with E-state index in [1.807, 2.05) is 0 Å². The maximum atomic E-state index is 12.1. The van der Waals surface area contributed by atoms with Gasteiger partial charge in [0.15, 0.2) is 0 Å². The number of amides is 1. The largest absolute Gasteiger partial charge is 0.435 e. The van der Waals surface area contributed by atoms with Gasteiger partial charge in [-0.25, -0.2) is 0 Å².